The van der Waals surface area contributed by atoms with Crippen molar-refractivity contribution in [2.75, 3.05) is 6.61 Å². The number of fused-ring (bicyclic) bond motifs is 2. The lowest BCUT2D eigenvalue weighted by Crippen LogP contribution is -2.51. The van der Waals surface area contributed by atoms with E-state index in [1.54, 1.807) is 0 Å². The van der Waals surface area contributed by atoms with Crippen LogP contribution < -0.4 is 0 Å². The van der Waals surface area contributed by atoms with E-state index in [0.717, 1.165) is 5.56 Å². The maximum absolute atomic E-state index is 10.5. The number of hydrogen-bond acceptors (Lipinski definition) is 4. The van der Waals surface area contributed by atoms with Crippen LogP contribution in [0.3, 0.4) is 0 Å². The van der Waals surface area contributed by atoms with Gasteiger partial charge in [0.25, 0.3) is 0 Å². The maximum Gasteiger partial charge on any atom is 0.167 e. The van der Waals surface area contributed by atoms with Crippen molar-refractivity contribution < 1.29 is 19.3 Å². The molecule has 108 valence electrons. The molecule has 2 aliphatic heterocycles. The third kappa shape index (κ3) is 2.65. The molecule has 0 amide bonds. The van der Waals surface area contributed by atoms with Crippen LogP contribution >= 0.6 is 0 Å². The predicted octanol–water partition coefficient (Wildman–Crippen LogP) is 1.88. The fourth-order valence-corrected chi connectivity index (χ4v) is 2.81. The molecule has 5 atom stereocenters. The van der Waals surface area contributed by atoms with Crippen LogP contribution in [0.25, 0.3) is 0 Å². The first-order chi connectivity index (χ1) is 9.79. The zero-order chi connectivity index (χ0) is 13.9. The highest BCUT2D eigenvalue weighted by Crippen LogP contribution is 2.35. The van der Waals surface area contributed by atoms with E-state index in [-0.39, 0.29) is 24.4 Å². The van der Waals surface area contributed by atoms with Gasteiger partial charge in [0.1, 0.15) is 12.2 Å². The van der Waals surface area contributed by atoms with Crippen LogP contribution in [0.5, 0.6) is 0 Å². The second kappa shape index (κ2) is 6.06. The Hall–Kier alpha value is -1.20. The summed E-state index contributed by atoms with van der Waals surface area (Å²) >= 11 is 0. The van der Waals surface area contributed by atoms with E-state index in [1.807, 2.05) is 49.4 Å². The molecule has 2 bridgehead atoms. The molecule has 0 aliphatic carbocycles. The quantitative estimate of drug-likeness (QED) is 0.853. The van der Waals surface area contributed by atoms with Gasteiger partial charge in [0.05, 0.1) is 25.2 Å². The van der Waals surface area contributed by atoms with E-state index in [9.17, 15) is 5.11 Å². The third-order valence-electron chi connectivity index (χ3n) is 3.85. The highest BCUT2D eigenvalue weighted by molar-refractivity contribution is 5.13. The van der Waals surface area contributed by atoms with Gasteiger partial charge in [-0.1, -0.05) is 42.5 Å². The molecule has 2 aliphatic rings. The number of aliphatic hydroxyl groups excluding tert-OH is 1. The molecule has 0 radical (unpaired) electrons. The normalized spacial score (nSPS) is 36.6. The second-order valence-electron chi connectivity index (χ2n) is 5.23. The summed E-state index contributed by atoms with van der Waals surface area (Å²) in [5.74, 6) is -0.167. The minimum atomic E-state index is -0.596. The number of benzene rings is 1. The van der Waals surface area contributed by atoms with Crippen LogP contribution in [-0.2, 0) is 20.8 Å². The van der Waals surface area contributed by atoms with Crippen LogP contribution in [-0.4, -0.2) is 36.3 Å². The van der Waals surface area contributed by atoms with Crippen molar-refractivity contribution in [2.24, 2.45) is 5.92 Å². The highest BCUT2D eigenvalue weighted by Gasteiger charge is 2.49. The Bertz CT molecular complexity index is 459. The van der Waals surface area contributed by atoms with Gasteiger partial charge in [0.2, 0.25) is 0 Å². The van der Waals surface area contributed by atoms with E-state index >= 15 is 0 Å². The summed E-state index contributed by atoms with van der Waals surface area (Å²) in [6.45, 7) is 2.87. The molecule has 4 heteroatoms. The minimum absolute atomic E-state index is 0.167. The molecule has 1 aromatic rings. The monoisotopic (exact) mass is 276 g/mol. The van der Waals surface area contributed by atoms with Crippen molar-refractivity contribution in [1.29, 1.82) is 0 Å². The Morgan fingerprint density at radius 2 is 2.15 bits per heavy atom. The van der Waals surface area contributed by atoms with Gasteiger partial charge in [-0.3, -0.25) is 0 Å². The van der Waals surface area contributed by atoms with Gasteiger partial charge in [-0.15, -0.1) is 0 Å². The van der Waals surface area contributed by atoms with Crippen molar-refractivity contribution in [3.05, 3.63) is 48.0 Å². The average molecular weight is 276 g/mol. The molecule has 1 N–H and O–H groups in total. The average Bonchev–Trinajstić information content (AvgIpc) is 2.90. The second-order valence-corrected chi connectivity index (χ2v) is 5.23. The van der Waals surface area contributed by atoms with E-state index in [0.29, 0.717) is 13.2 Å². The molecule has 2 fully saturated rings. The minimum Gasteiger partial charge on any atom is -0.389 e. The van der Waals surface area contributed by atoms with Gasteiger partial charge < -0.3 is 19.3 Å². The largest absolute Gasteiger partial charge is 0.389 e. The smallest absolute Gasteiger partial charge is 0.167 e. The molecular formula is C16H20O4. The van der Waals surface area contributed by atoms with Crippen molar-refractivity contribution in [2.45, 2.75) is 38.1 Å². The van der Waals surface area contributed by atoms with Crippen molar-refractivity contribution in [1.82, 2.24) is 0 Å². The molecule has 0 saturated carbocycles. The molecular weight excluding hydrogens is 256 g/mol. The summed E-state index contributed by atoms with van der Waals surface area (Å²) in [6, 6.07) is 9.94. The Labute approximate surface area is 119 Å². The van der Waals surface area contributed by atoms with E-state index in [4.69, 9.17) is 14.2 Å². The van der Waals surface area contributed by atoms with E-state index in [1.165, 1.54) is 0 Å². The fraction of sp³-hybridized carbons (Fsp3) is 0.500. The lowest BCUT2D eigenvalue weighted by molar-refractivity contribution is -0.207. The number of rotatable bonds is 4. The molecule has 2 saturated heterocycles. The first-order valence-electron chi connectivity index (χ1n) is 7.03. The predicted molar refractivity (Wildman–Crippen MR) is 73.9 cm³/mol. The lowest BCUT2D eigenvalue weighted by Gasteiger charge is -2.36. The molecule has 20 heavy (non-hydrogen) atoms. The van der Waals surface area contributed by atoms with Crippen molar-refractivity contribution in [3.63, 3.8) is 0 Å². The van der Waals surface area contributed by atoms with Gasteiger partial charge >= 0.3 is 0 Å². The number of ether oxygens (including phenoxy) is 3. The highest BCUT2D eigenvalue weighted by atomic mass is 16.7. The Kier molecular flexibility index (Phi) is 4.17. The molecule has 0 aromatic heterocycles. The first-order valence-corrected chi connectivity index (χ1v) is 7.03. The van der Waals surface area contributed by atoms with Gasteiger partial charge in [-0.2, -0.15) is 0 Å². The van der Waals surface area contributed by atoms with Crippen molar-refractivity contribution in [3.8, 4) is 0 Å². The molecule has 1 aromatic carbocycles. The standard InChI is InChI=1S/C16H20O4/c1-2-6-12-14(17)15(13-10-19-16(12)20-13)18-9-11-7-4-3-5-8-11/h2-8,12-17H,9-10H2,1H3/b6-2+/t12-,13-,14-,15-,16-/m1/s1. The van der Waals surface area contributed by atoms with Crippen LogP contribution in [0.4, 0.5) is 0 Å². The summed E-state index contributed by atoms with van der Waals surface area (Å²) in [4.78, 5) is 0. The Balaban J connectivity index is 1.68. The lowest BCUT2D eigenvalue weighted by atomic mass is 9.92. The van der Waals surface area contributed by atoms with E-state index in [2.05, 4.69) is 0 Å². The topological polar surface area (TPSA) is 47.9 Å². The first kappa shape index (κ1) is 13.8. The van der Waals surface area contributed by atoms with Crippen LogP contribution in [0, 0.1) is 5.92 Å². The molecule has 3 rings (SSSR count). The van der Waals surface area contributed by atoms with Gasteiger partial charge in [-0.25, -0.2) is 0 Å². The number of allylic oxidation sites excluding steroid dienone is 1. The van der Waals surface area contributed by atoms with Gasteiger partial charge in [0, 0.05) is 0 Å². The molecule has 4 nitrogen and oxygen atoms in total. The summed E-state index contributed by atoms with van der Waals surface area (Å²) < 4.78 is 17.3. The zero-order valence-electron chi connectivity index (χ0n) is 11.5. The fourth-order valence-electron chi connectivity index (χ4n) is 2.81. The Morgan fingerprint density at radius 1 is 1.35 bits per heavy atom. The molecule has 0 unspecified atom stereocenters. The van der Waals surface area contributed by atoms with Crippen LogP contribution in [0.1, 0.15) is 12.5 Å². The van der Waals surface area contributed by atoms with Crippen molar-refractivity contribution >= 4 is 0 Å². The SMILES string of the molecule is C/C=C/[C@H]1[C@@H]2OC[C@@H](O2)[C@@H](OCc2ccccc2)[C@@H]1O. The summed E-state index contributed by atoms with van der Waals surface area (Å²) in [5, 5.41) is 10.5. The molecule has 0 spiro atoms. The summed E-state index contributed by atoms with van der Waals surface area (Å²) in [5.41, 5.74) is 1.09. The van der Waals surface area contributed by atoms with Gasteiger partial charge in [-0.05, 0) is 12.5 Å². The summed E-state index contributed by atoms with van der Waals surface area (Å²) in [7, 11) is 0. The van der Waals surface area contributed by atoms with Crippen LogP contribution in [0.15, 0.2) is 42.5 Å². The maximum atomic E-state index is 10.5. The Morgan fingerprint density at radius 3 is 2.90 bits per heavy atom. The van der Waals surface area contributed by atoms with E-state index < -0.39 is 6.10 Å². The number of aliphatic hydroxyl groups is 1. The third-order valence-corrected chi connectivity index (χ3v) is 3.85. The number of hydrogen-bond donors (Lipinski definition) is 1. The summed E-state index contributed by atoms with van der Waals surface area (Å²) in [6.07, 6.45) is 2.36. The van der Waals surface area contributed by atoms with Gasteiger partial charge in [0.15, 0.2) is 6.29 Å². The van der Waals surface area contributed by atoms with Crippen LogP contribution in [0.2, 0.25) is 0 Å². The molecule has 2 heterocycles. The zero-order valence-corrected chi connectivity index (χ0v) is 11.5.